The first-order chi connectivity index (χ1) is 31.1. The van der Waals surface area contributed by atoms with Gasteiger partial charge in [0.05, 0.1) is 65.9 Å². The van der Waals surface area contributed by atoms with E-state index in [-0.39, 0.29) is 65.3 Å². The summed E-state index contributed by atoms with van der Waals surface area (Å²) in [7, 11) is 1.19. The second-order valence-electron chi connectivity index (χ2n) is 18.3. The Morgan fingerprint density at radius 3 is 1.68 bits per heavy atom. The normalized spacial score (nSPS) is 40.1. The van der Waals surface area contributed by atoms with E-state index in [2.05, 4.69) is 0 Å². The van der Waals surface area contributed by atoms with Gasteiger partial charge >= 0.3 is 0 Å². The molecule has 21 atom stereocenters. The van der Waals surface area contributed by atoms with Crippen molar-refractivity contribution in [1.82, 2.24) is 0 Å². The van der Waals surface area contributed by atoms with Gasteiger partial charge in [0.2, 0.25) is 6.29 Å². The molecule has 21 heteroatoms. The summed E-state index contributed by atoms with van der Waals surface area (Å²) in [6.07, 6.45) is -23.5. The number of fused-ring (bicyclic) bond motifs is 2. The van der Waals surface area contributed by atoms with Crippen molar-refractivity contribution in [1.29, 1.82) is 0 Å². The summed E-state index contributed by atoms with van der Waals surface area (Å²) in [6, 6.07) is 3.04. The molecule has 3 unspecified atom stereocenters. The fourth-order valence-corrected chi connectivity index (χ4v) is 9.62. The van der Waals surface area contributed by atoms with Crippen LogP contribution in [0.15, 0.2) is 12.1 Å². The molecule has 4 fully saturated rings. The molecule has 370 valence electrons. The van der Waals surface area contributed by atoms with E-state index in [0.717, 1.165) is 0 Å². The summed E-state index contributed by atoms with van der Waals surface area (Å²) < 4.78 is 53.7. The molecule has 0 amide bonds. The van der Waals surface area contributed by atoms with Gasteiger partial charge in [0, 0.05) is 44.3 Å². The lowest BCUT2D eigenvalue weighted by atomic mass is 9.75. The van der Waals surface area contributed by atoms with E-state index in [4.69, 9.17) is 42.6 Å². The SMILES string of the molecule is CO[C@H](C(=O)[C@@H](O)[C@@H](C)O)[C@@H]1Cc2cc3cc(O[C@H]4CC(O[C@H]5CC(O)[C@H](O)[C@@H](C)O5)[C@H](O)[C@@H](C)O4)c(C)c(O)c3c(O)c2C(=O)[C@H]1O[C@H]1CC(O[C@H]2C[C@@H](O)[C@@H](O)[C@@H](C)O2)[C@H](O)[C@@H](C)O1. The standard InChI is InChI=1S/C45H64O21/c1-15-26(63-31-13-27(39(53)19(5)61-31)64-29-11-24(47)37(51)17(3)59-29)10-22-8-21-9-23(44(58-7)43(57)36(50)16(2)46)45(42(56)34(21)41(55)33(22)35(15)49)66-32-14-28(40(54)20(6)62-32)65-30-12-25(48)38(52)18(4)60-30/h8,10,16-20,23-25,27-32,36-40,44-55H,9,11-14H2,1-7H3/t16-,17-,18-,19-,20-,23+,24?,25-,27?,28?,29+,30+,31+,32+,36+,37-,38+,39-,40-,44+,45+/m1/s1. The lowest BCUT2D eigenvalue weighted by molar-refractivity contribution is -0.311. The maximum atomic E-state index is 14.8. The Morgan fingerprint density at radius 1 is 0.697 bits per heavy atom. The molecule has 0 bridgehead atoms. The minimum atomic E-state index is -1.92. The number of hydrogen-bond donors (Lipinski definition) is 10. The first kappa shape index (κ1) is 50.7. The van der Waals surface area contributed by atoms with Crippen LogP contribution in [-0.2, 0) is 49.1 Å². The molecule has 4 heterocycles. The maximum Gasteiger partial charge on any atom is 0.202 e. The second-order valence-corrected chi connectivity index (χ2v) is 18.3. The maximum absolute atomic E-state index is 14.8. The van der Waals surface area contributed by atoms with E-state index < -0.39 is 152 Å². The molecule has 66 heavy (non-hydrogen) atoms. The monoisotopic (exact) mass is 940 g/mol. The van der Waals surface area contributed by atoms with Gasteiger partial charge in [-0.25, -0.2) is 0 Å². The largest absolute Gasteiger partial charge is 0.507 e. The lowest BCUT2D eigenvalue weighted by Gasteiger charge is -2.43. The summed E-state index contributed by atoms with van der Waals surface area (Å²) in [6.45, 7) is 9.02. The molecule has 0 spiro atoms. The third-order valence-electron chi connectivity index (χ3n) is 13.5. The number of phenols is 2. The van der Waals surface area contributed by atoms with Crippen molar-refractivity contribution in [2.75, 3.05) is 7.11 Å². The summed E-state index contributed by atoms with van der Waals surface area (Å²) >= 11 is 0. The summed E-state index contributed by atoms with van der Waals surface area (Å²) in [5.74, 6) is -3.95. The van der Waals surface area contributed by atoms with Crippen LogP contribution in [0.2, 0.25) is 0 Å². The lowest BCUT2D eigenvalue weighted by Crippen LogP contribution is -2.56. The van der Waals surface area contributed by atoms with Crippen molar-refractivity contribution >= 4 is 22.3 Å². The summed E-state index contributed by atoms with van der Waals surface area (Å²) in [5.41, 5.74) is 0.116. The number of carbonyl (C=O) groups is 2. The number of aliphatic hydroxyl groups excluding tert-OH is 8. The average molecular weight is 941 g/mol. The zero-order valence-electron chi connectivity index (χ0n) is 37.8. The number of carbonyl (C=O) groups excluding carboxylic acids is 2. The first-order valence-electron chi connectivity index (χ1n) is 22.4. The molecule has 7 rings (SSSR count). The average Bonchev–Trinajstić information content (AvgIpc) is 3.25. The Morgan fingerprint density at radius 2 is 1.18 bits per heavy atom. The van der Waals surface area contributed by atoms with E-state index in [1.807, 2.05) is 0 Å². The van der Waals surface area contributed by atoms with Crippen molar-refractivity contribution in [2.24, 2.45) is 5.92 Å². The number of ketones is 2. The van der Waals surface area contributed by atoms with E-state index in [1.165, 1.54) is 33.1 Å². The summed E-state index contributed by atoms with van der Waals surface area (Å²) in [5, 5.41) is 108. The Labute approximate surface area is 380 Å². The molecule has 0 radical (unpaired) electrons. The molecule has 0 saturated carbocycles. The number of ether oxygens (including phenoxy) is 9. The topological polar surface area (TPSA) is 320 Å². The first-order valence-corrected chi connectivity index (χ1v) is 22.4. The Balaban J connectivity index is 1.18. The molecule has 2 aromatic carbocycles. The van der Waals surface area contributed by atoms with Gasteiger partial charge in [-0.3, -0.25) is 9.59 Å². The molecular formula is C45H64O21. The number of Topliss-reactive ketones (excluding diaryl/α,β-unsaturated/α-hetero) is 2. The van der Waals surface area contributed by atoms with E-state index in [1.54, 1.807) is 27.7 Å². The van der Waals surface area contributed by atoms with Crippen LogP contribution in [0.5, 0.6) is 17.2 Å². The second kappa shape index (κ2) is 20.4. The molecule has 0 aromatic heterocycles. The molecule has 4 saturated heterocycles. The Bertz CT molecular complexity index is 2030. The zero-order chi connectivity index (χ0) is 48.2. The van der Waals surface area contributed by atoms with Gasteiger partial charge < -0.3 is 93.7 Å². The van der Waals surface area contributed by atoms with E-state index in [9.17, 15) is 60.7 Å². The van der Waals surface area contributed by atoms with Crippen LogP contribution in [0.25, 0.3) is 10.8 Å². The van der Waals surface area contributed by atoms with Crippen molar-refractivity contribution < 1.29 is 103 Å². The van der Waals surface area contributed by atoms with Crippen molar-refractivity contribution in [3.8, 4) is 17.2 Å². The molecule has 4 aliphatic heterocycles. The minimum Gasteiger partial charge on any atom is -0.507 e. The number of phenolic OH excluding ortho intramolecular Hbond substituents is 2. The highest BCUT2D eigenvalue weighted by Gasteiger charge is 2.50. The molecule has 2 aromatic rings. The van der Waals surface area contributed by atoms with Crippen LogP contribution in [0.1, 0.15) is 81.8 Å². The van der Waals surface area contributed by atoms with Gasteiger partial charge in [-0.2, -0.15) is 0 Å². The predicted octanol–water partition coefficient (Wildman–Crippen LogP) is -0.520. The highest BCUT2D eigenvalue weighted by atomic mass is 16.7. The van der Waals surface area contributed by atoms with Crippen molar-refractivity contribution in [3.63, 3.8) is 0 Å². The highest BCUT2D eigenvalue weighted by Crippen LogP contribution is 2.47. The smallest absolute Gasteiger partial charge is 0.202 e. The number of benzene rings is 2. The molecular weight excluding hydrogens is 876 g/mol. The van der Waals surface area contributed by atoms with Gasteiger partial charge in [-0.1, -0.05) is 0 Å². The van der Waals surface area contributed by atoms with Crippen molar-refractivity contribution in [3.05, 3.63) is 28.8 Å². The quantitative estimate of drug-likeness (QED) is 0.121. The van der Waals surface area contributed by atoms with Gasteiger partial charge in [0.25, 0.3) is 0 Å². The van der Waals surface area contributed by atoms with Gasteiger partial charge in [0.15, 0.2) is 30.4 Å². The highest BCUT2D eigenvalue weighted by molar-refractivity contribution is 6.11. The molecule has 10 N–H and O–H groups in total. The van der Waals surface area contributed by atoms with Crippen LogP contribution in [0.4, 0.5) is 0 Å². The van der Waals surface area contributed by atoms with E-state index >= 15 is 0 Å². The zero-order valence-corrected chi connectivity index (χ0v) is 37.8. The fourth-order valence-electron chi connectivity index (χ4n) is 9.62. The summed E-state index contributed by atoms with van der Waals surface area (Å²) in [4.78, 5) is 28.5. The number of hydrogen-bond acceptors (Lipinski definition) is 21. The van der Waals surface area contributed by atoms with Crippen LogP contribution in [0, 0.1) is 12.8 Å². The number of rotatable bonds is 13. The van der Waals surface area contributed by atoms with Gasteiger partial charge in [-0.05, 0) is 71.0 Å². The molecule has 1 aliphatic carbocycles. The molecule has 21 nitrogen and oxygen atoms in total. The predicted molar refractivity (Wildman–Crippen MR) is 224 cm³/mol. The van der Waals surface area contributed by atoms with Crippen LogP contribution < -0.4 is 4.74 Å². The van der Waals surface area contributed by atoms with Crippen molar-refractivity contribution in [2.45, 2.75) is 196 Å². The minimum absolute atomic E-state index is 0.0233. The number of aromatic hydroxyl groups is 2. The molecule has 5 aliphatic rings. The van der Waals surface area contributed by atoms with Gasteiger partial charge in [0.1, 0.15) is 60.0 Å². The van der Waals surface area contributed by atoms with Crippen LogP contribution in [-0.4, -0.2) is 193 Å². The van der Waals surface area contributed by atoms with E-state index in [0.29, 0.717) is 0 Å². The Hall–Kier alpha value is -3.20. The van der Waals surface area contributed by atoms with Gasteiger partial charge in [-0.15, -0.1) is 0 Å². The third-order valence-corrected chi connectivity index (χ3v) is 13.5. The van der Waals surface area contributed by atoms with Crippen LogP contribution in [0.3, 0.4) is 0 Å². The van der Waals surface area contributed by atoms with Crippen LogP contribution >= 0.6 is 0 Å². The third kappa shape index (κ3) is 10.1. The Kier molecular flexibility index (Phi) is 15.7. The fraction of sp³-hybridized carbons (Fsp3) is 0.733. The number of aliphatic hydroxyl groups is 8. The number of methoxy groups -OCH3 is 1.